The van der Waals surface area contributed by atoms with Gasteiger partial charge < -0.3 is 29.3 Å². The highest BCUT2D eigenvalue weighted by atomic mass is 16.5. The Morgan fingerprint density at radius 3 is 2.63 bits per heavy atom. The maximum atomic E-state index is 13.6. The van der Waals surface area contributed by atoms with Crippen molar-refractivity contribution in [2.45, 2.75) is 88.0 Å². The van der Waals surface area contributed by atoms with Gasteiger partial charge in [-0.2, -0.15) is 5.10 Å². The third kappa shape index (κ3) is 8.09. The van der Waals surface area contributed by atoms with Gasteiger partial charge in [0.25, 0.3) is 5.91 Å². The van der Waals surface area contributed by atoms with E-state index in [1.807, 2.05) is 36.5 Å². The van der Waals surface area contributed by atoms with Gasteiger partial charge in [0.15, 0.2) is 5.65 Å². The van der Waals surface area contributed by atoms with E-state index in [2.05, 4.69) is 49.5 Å². The van der Waals surface area contributed by atoms with Crippen molar-refractivity contribution in [1.82, 2.24) is 33.9 Å². The number of piperidine rings is 2. The fraction of sp³-hybridized carbons (Fsp3) is 0.489. The number of para-hydroxylation sites is 1. The number of hydrogen-bond acceptors (Lipinski definition) is 11. The highest BCUT2D eigenvalue weighted by Crippen LogP contribution is 2.39. The number of likely N-dealkylation sites (tertiary alicyclic amines) is 1. The largest absolute Gasteiger partial charge is 0.495 e. The lowest BCUT2D eigenvalue weighted by atomic mass is 9.78. The minimum absolute atomic E-state index is 0.151. The number of carbonyl (C=O) groups is 3. The van der Waals surface area contributed by atoms with Crippen molar-refractivity contribution in [1.29, 1.82) is 0 Å². The van der Waals surface area contributed by atoms with Gasteiger partial charge in [-0.15, -0.1) is 0 Å². The predicted molar refractivity (Wildman–Crippen MR) is 235 cm³/mol. The second kappa shape index (κ2) is 17.3. The third-order valence-corrected chi connectivity index (χ3v) is 13.9. The number of hydrogen-bond donors (Lipinski definition) is 2. The van der Waals surface area contributed by atoms with Crippen molar-refractivity contribution in [3.05, 3.63) is 82.0 Å². The Morgan fingerprint density at radius 2 is 1.87 bits per heavy atom. The second-order valence-electron chi connectivity index (χ2n) is 17.7. The van der Waals surface area contributed by atoms with Gasteiger partial charge in [-0.3, -0.25) is 28.8 Å². The maximum Gasteiger partial charge on any atom is 0.329 e. The van der Waals surface area contributed by atoms with Crippen LogP contribution >= 0.6 is 0 Å². The van der Waals surface area contributed by atoms with E-state index < -0.39 is 11.9 Å². The number of fused-ring (bicyclic) bond motifs is 4. The van der Waals surface area contributed by atoms with Crippen LogP contribution in [0.4, 0.5) is 11.5 Å². The average molecular weight is 856 g/mol. The summed E-state index contributed by atoms with van der Waals surface area (Å²) in [6.07, 6.45) is 11.8. The molecule has 4 aliphatic heterocycles. The summed E-state index contributed by atoms with van der Waals surface area (Å²) < 4.78 is 22.4. The molecule has 3 aromatic heterocycles. The van der Waals surface area contributed by atoms with E-state index in [4.69, 9.17) is 19.2 Å². The van der Waals surface area contributed by atoms with Crippen LogP contribution in [0.1, 0.15) is 91.2 Å². The number of imidazole rings is 1. The number of imide groups is 1. The number of aryl methyl sites for hydroxylation is 1. The Hall–Kier alpha value is -6.02. The van der Waals surface area contributed by atoms with Crippen molar-refractivity contribution < 1.29 is 28.6 Å². The van der Waals surface area contributed by atoms with Gasteiger partial charge in [0.1, 0.15) is 29.8 Å². The molecule has 5 aromatic rings. The molecule has 1 unspecified atom stereocenters. The van der Waals surface area contributed by atoms with Crippen LogP contribution in [-0.4, -0.2) is 111 Å². The lowest BCUT2D eigenvalue weighted by molar-refractivity contribution is -0.135. The predicted octanol–water partition coefficient (Wildman–Crippen LogP) is 4.41. The van der Waals surface area contributed by atoms with E-state index >= 15 is 0 Å². The molecular formula is C47H53N9O7. The molecule has 0 radical (unpaired) electrons. The van der Waals surface area contributed by atoms with Crippen LogP contribution in [0.25, 0.3) is 16.7 Å². The van der Waals surface area contributed by atoms with E-state index in [0.717, 1.165) is 64.1 Å². The van der Waals surface area contributed by atoms with E-state index in [0.29, 0.717) is 70.3 Å². The number of benzene rings is 2. The summed E-state index contributed by atoms with van der Waals surface area (Å²) in [5.41, 5.74) is 4.45. The molecule has 2 N–H and O–H groups in total. The summed E-state index contributed by atoms with van der Waals surface area (Å²) in [5.74, 6) is 7.88. The number of nitrogens with zero attached hydrogens (tertiary/aromatic N) is 7. The summed E-state index contributed by atoms with van der Waals surface area (Å²) in [6.45, 7) is 4.91. The fourth-order valence-corrected chi connectivity index (χ4v) is 10.5. The standard InChI is InChI=1S/C47H53N9O7/c1-52-43-31(5-3-7-38(43)56(47(52)60)39-14-15-42(57)51-46(39)59)6-4-22-62-34-16-19-53(20-17-34)26-29-8-10-30(11-9-29)32-12-13-37(40(23-32)61-2)49-45(58)36-25-48-55-21-18-41(50-44(36)55)54-27-35-24-33(54)28-63-35/h3,5,7,12-13,18,21,23,25,29-30,33-35,39H,8-11,14-17,19-20,22,24,26-28H2,1-2H3,(H,49,58)(H,51,57,59)/t29?,30?,33-,35-,39?/m1/s1. The SMILES string of the molecule is COc1cc(C2CCC(CN3CCC(OCC#Cc4cccc5c4n(C)c(=O)n5C4CCC(=O)NC4=O)CC3)CC2)ccc1NC(=O)c1cnn2ccc(N3C[C@H]4C[C@@H]3CO4)nc12. The number of nitrogens with one attached hydrogen (secondary N) is 2. The lowest BCUT2D eigenvalue weighted by Crippen LogP contribution is -2.44. The molecule has 0 spiro atoms. The van der Waals surface area contributed by atoms with Crippen LogP contribution < -0.4 is 26.0 Å². The first-order valence-corrected chi connectivity index (χ1v) is 22.3. The van der Waals surface area contributed by atoms with Crippen molar-refractivity contribution in [3.8, 4) is 17.6 Å². The van der Waals surface area contributed by atoms with Crippen LogP contribution in [0.2, 0.25) is 0 Å². The van der Waals surface area contributed by atoms with Crippen LogP contribution in [0.3, 0.4) is 0 Å². The molecule has 1 saturated carbocycles. The van der Waals surface area contributed by atoms with Crippen molar-refractivity contribution in [2.24, 2.45) is 13.0 Å². The smallest absolute Gasteiger partial charge is 0.329 e. The molecular weight excluding hydrogens is 803 g/mol. The van der Waals surface area contributed by atoms with Crippen LogP contribution in [0, 0.1) is 17.8 Å². The zero-order valence-corrected chi connectivity index (χ0v) is 35.8. The first kappa shape index (κ1) is 41.0. The summed E-state index contributed by atoms with van der Waals surface area (Å²) >= 11 is 0. The highest BCUT2D eigenvalue weighted by molar-refractivity contribution is 6.09. The average Bonchev–Trinajstić information content (AvgIpc) is 4.10. The Labute approximate surface area is 364 Å². The maximum absolute atomic E-state index is 13.6. The Kier molecular flexibility index (Phi) is 11.2. The molecule has 63 heavy (non-hydrogen) atoms. The van der Waals surface area contributed by atoms with Gasteiger partial charge in [-0.1, -0.05) is 24.0 Å². The molecule has 16 heteroatoms. The third-order valence-electron chi connectivity index (χ3n) is 13.9. The molecule has 5 aliphatic rings. The van der Waals surface area contributed by atoms with Crippen molar-refractivity contribution in [2.75, 3.05) is 56.7 Å². The summed E-state index contributed by atoms with van der Waals surface area (Å²) in [6, 6.07) is 13.2. The molecule has 10 rings (SSSR count). The monoisotopic (exact) mass is 855 g/mol. The Morgan fingerprint density at radius 1 is 1.03 bits per heavy atom. The summed E-state index contributed by atoms with van der Waals surface area (Å²) in [5, 5.41) is 9.81. The topological polar surface area (TPSA) is 167 Å². The van der Waals surface area contributed by atoms with Crippen LogP contribution in [0.15, 0.2) is 59.7 Å². The molecule has 2 aromatic carbocycles. The number of amides is 3. The van der Waals surface area contributed by atoms with Gasteiger partial charge in [0.05, 0.1) is 60.4 Å². The van der Waals surface area contributed by atoms with Gasteiger partial charge >= 0.3 is 5.69 Å². The minimum Gasteiger partial charge on any atom is -0.495 e. The molecule has 3 amide bonds. The second-order valence-corrected chi connectivity index (χ2v) is 17.7. The molecule has 4 saturated heterocycles. The van der Waals surface area contributed by atoms with Gasteiger partial charge in [-0.25, -0.2) is 14.3 Å². The first-order valence-electron chi connectivity index (χ1n) is 22.3. The number of anilines is 2. The fourth-order valence-electron chi connectivity index (χ4n) is 10.5. The number of methoxy groups -OCH3 is 1. The minimum atomic E-state index is -0.737. The number of morpholine rings is 1. The quantitative estimate of drug-likeness (QED) is 0.151. The normalized spacial score (nSPS) is 24.2. The van der Waals surface area contributed by atoms with Crippen LogP contribution in [-0.2, 0) is 26.1 Å². The van der Waals surface area contributed by atoms with Crippen LogP contribution in [0.5, 0.6) is 5.75 Å². The number of rotatable bonds is 10. The Bertz CT molecular complexity index is 2700. The van der Waals surface area contributed by atoms with Gasteiger partial charge in [0, 0.05) is 45.8 Å². The van der Waals surface area contributed by atoms with E-state index in [9.17, 15) is 19.2 Å². The zero-order chi connectivity index (χ0) is 43.2. The molecule has 5 fully saturated rings. The van der Waals surface area contributed by atoms with Gasteiger partial charge in [0.2, 0.25) is 11.8 Å². The molecule has 7 heterocycles. The molecule has 16 nitrogen and oxygen atoms in total. The molecule has 1 aliphatic carbocycles. The van der Waals surface area contributed by atoms with Crippen molar-refractivity contribution >= 4 is 45.9 Å². The summed E-state index contributed by atoms with van der Waals surface area (Å²) in [7, 11) is 3.32. The molecule has 3 atom stereocenters. The van der Waals surface area contributed by atoms with E-state index in [1.54, 1.807) is 24.9 Å². The lowest BCUT2D eigenvalue weighted by Gasteiger charge is -2.36. The molecule has 2 bridgehead atoms. The number of aromatic nitrogens is 5. The van der Waals surface area contributed by atoms with E-state index in [1.165, 1.54) is 27.5 Å². The van der Waals surface area contributed by atoms with Crippen molar-refractivity contribution in [3.63, 3.8) is 0 Å². The van der Waals surface area contributed by atoms with E-state index in [-0.39, 0.29) is 42.6 Å². The molecule has 328 valence electrons. The number of carbonyl (C=O) groups excluding carboxylic acids is 3. The van der Waals surface area contributed by atoms with Gasteiger partial charge in [-0.05, 0) is 99.1 Å². The zero-order valence-electron chi connectivity index (χ0n) is 35.8. The Balaban J connectivity index is 0.687. The summed E-state index contributed by atoms with van der Waals surface area (Å²) in [4.78, 5) is 60.9. The first-order chi connectivity index (χ1) is 30.7. The highest BCUT2D eigenvalue weighted by Gasteiger charge is 2.40. The number of ether oxygens (including phenoxy) is 3.